The van der Waals surface area contributed by atoms with Crippen LogP contribution in [0.5, 0.6) is 5.75 Å². The Bertz CT molecular complexity index is 520. The number of nitrogens with one attached hydrogen (secondary N) is 1. The summed E-state index contributed by atoms with van der Waals surface area (Å²) < 4.78 is 6.00. The molecule has 0 heterocycles. The van der Waals surface area contributed by atoms with Gasteiger partial charge < -0.3 is 10.1 Å². The van der Waals surface area contributed by atoms with Crippen LogP contribution < -0.4 is 10.1 Å². The van der Waals surface area contributed by atoms with Crippen molar-refractivity contribution in [3.63, 3.8) is 0 Å². The highest BCUT2D eigenvalue weighted by Gasteiger charge is 2.11. The Morgan fingerprint density at radius 3 is 2.43 bits per heavy atom. The summed E-state index contributed by atoms with van der Waals surface area (Å²) in [6.45, 7) is 2.94. The molecule has 112 valence electrons. The SMILES string of the molecule is CCC(NC)c1ccccc1OCCCc1ccccc1. The fraction of sp³-hybridized carbons (Fsp3) is 0.368. The molecule has 2 aromatic rings. The molecule has 0 aliphatic rings. The van der Waals surface area contributed by atoms with Crippen LogP contribution >= 0.6 is 0 Å². The quantitative estimate of drug-likeness (QED) is 0.726. The number of para-hydroxylation sites is 1. The minimum absolute atomic E-state index is 0.357. The molecule has 0 saturated heterocycles. The molecule has 0 radical (unpaired) electrons. The lowest BCUT2D eigenvalue weighted by molar-refractivity contribution is 0.304. The first kappa shape index (κ1) is 15.6. The van der Waals surface area contributed by atoms with E-state index in [-0.39, 0.29) is 0 Å². The van der Waals surface area contributed by atoms with Gasteiger partial charge in [-0.3, -0.25) is 0 Å². The first-order chi connectivity index (χ1) is 10.3. The standard InChI is InChI=1S/C19H25NO/c1-3-18(20-2)17-13-7-8-14-19(17)21-15-9-12-16-10-5-4-6-11-16/h4-8,10-11,13-14,18,20H,3,9,12,15H2,1-2H3. The van der Waals surface area contributed by atoms with Crippen molar-refractivity contribution in [2.75, 3.05) is 13.7 Å². The zero-order valence-electron chi connectivity index (χ0n) is 13.0. The van der Waals surface area contributed by atoms with E-state index in [1.54, 1.807) is 0 Å². The lowest BCUT2D eigenvalue weighted by Crippen LogP contribution is -2.16. The van der Waals surface area contributed by atoms with Crippen molar-refractivity contribution in [2.45, 2.75) is 32.2 Å². The average Bonchev–Trinajstić information content (AvgIpc) is 2.55. The third kappa shape index (κ3) is 4.61. The van der Waals surface area contributed by atoms with Crippen LogP contribution in [0.2, 0.25) is 0 Å². The van der Waals surface area contributed by atoms with Gasteiger partial charge in [-0.05, 0) is 37.9 Å². The van der Waals surface area contributed by atoms with Crippen LogP contribution in [0.15, 0.2) is 54.6 Å². The molecule has 21 heavy (non-hydrogen) atoms. The third-order valence-corrected chi connectivity index (χ3v) is 3.76. The van der Waals surface area contributed by atoms with Crippen molar-refractivity contribution < 1.29 is 4.74 Å². The van der Waals surface area contributed by atoms with E-state index in [0.717, 1.165) is 31.6 Å². The predicted molar refractivity (Wildman–Crippen MR) is 88.8 cm³/mol. The van der Waals surface area contributed by atoms with Gasteiger partial charge in [0, 0.05) is 11.6 Å². The van der Waals surface area contributed by atoms with Crippen molar-refractivity contribution in [3.8, 4) is 5.75 Å². The first-order valence-corrected chi connectivity index (χ1v) is 7.78. The van der Waals surface area contributed by atoms with Crippen molar-refractivity contribution in [2.24, 2.45) is 0 Å². The van der Waals surface area contributed by atoms with Crippen LogP contribution in [0, 0.1) is 0 Å². The molecule has 1 unspecified atom stereocenters. The molecular formula is C19H25NO. The summed E-state index contributed by atoms with van der Waals surface area (Å²) in [5, 5.41) is 3.34. The molecule has 2 aromatic carbocycles. The molecule has 0 aliphatic carbocycles. The first-order valence-electron chi connectivity index (χ1n) is 7.78. The van der Waals surface area contributed by atoms with Crippen LogP contribution in [-0.2, 0) is 6.42 Å². The van der Waals surface area contributed by atoms with Gasteiger partial charge in [-0.2, -0.15) is 0 Å². The second-order valence-corrected chi connectivity index (χ2v) is 5.22. The summed E-state index contributed by atoms with van der Waals surface area (Å²) in [7, 11) is 2.00. The van der Waals surface area contributed by atoms with Gasteiger partial charge in [-0.25, -0.2) is 0 Å². The Balaban J connectivity index is 1.88. The number of aryl methyl sites for hydroxylation is 1. The molecule has 2 rings (SSSR count). The highest BCUT2D eigenvalue weighted by Crippen LogP contribution is 2.26. The second kappa shape index (κ2) is 8.48. The molecule has 2 nitrogen and oxygen atoms in total. The van der Waals surface area contributed by atoms with E-state index in [2.05, 4.69) is 60.8 Å². The number of ether oxygens (including phenoxy) is 1. The predicted octanol–water partition coefficient (Wildman–Crippen LogP) is 4.37. The maximum Gasteiger partial charge on any atom is 0.124 e. The molecular weight excluding hydrogens is 258 g/mol. The molecule has 0 fully saturated rings. The van der Waals surface area contributed by atoms with Gasteiger partial charge in [0.25, 0.3) is 0 Å². The Labute approximate surface area is 128 Å². The lowest BCUT2D eigenvalue weighted by atomic mass is 10.0. The van der Waals surface area contributed by atoms with E-state index >= 15 is 0 Å². The fourth-order valence-corrected chi connectivity index (χ4v) is 2.58. The largest absolute Gasteiger partial charge is 0.493 e. The maximum absolute atomic E-state index is 6.00. The Morgan fingerprint density at radius 2 is 1.71 bits per heavy atom. The van der Waals surface area contributed by atoms with Crippen LogP contribution in [0.25, 0.3) is 0 Å². The van der Waals surface area contributed by atoms with Gasteiger partial charge in [0.1, 0.15) is 5.75 Å². The maximum atomic E-state index is 6.00. The zero-order valence-corrected chi connectivity index (χ0v) is 13.0. The molecule has 0 saturated carbocycles. The number of benzene rings is 2. The summed E-state index contributed by atoms with van der Waals surface area (Å²) >= 11 is 0. The van der Waals surface area contributed by atoms with Crippen molar-refractivity contribution >= 4 is 0 Å². The Morgan fingerprint density at radius 1 is 1.00 bits per heavy atom. The van der Waals surface area contributed by atoms with Crippen molar-refractivity contribution in [1.82, 2.24) is 5.32 Å². The summed E-state index contributed by atoms with van der Waals surface area (Å²) in [5.41, 5.74) is 2.62. The second-order valence-electron chi connectivity index (χ2n) is 5.22. The van der Waals surface area contributed by atoms with Gasteiger partial charge >= 0.3 is 0 Å². The van der Waals surface area contributed by atoms with E-state index in [1.807, 2.05) is 13.1 Å². The van der Waals surface area contributed by atoms with Gasteiger partial charge in [0.15, 0.2) is 0 Å². The molecule has 1 N–H and O–H groups in total. The van der Waals surface area contributed by atoms with Crippen molar-refractivity contribution in [1.29, 1.82) is 0 Å². The Kier molecular flexibility index (Phi) is 6.29. The Hall–Kier alpha value is -1.80. The molecule has 0 bridgehead atoms. The van der Waals surface area contributed by atoms with E-state index in [4.69, 9.17) is 4.74 Å². The summed E-state index contributed by atoms with van der Waals surface area (Å²) in [6, 6.07) is 19.3. The fourth-order valence-electron chi connectivity index (χ4n) is 2.58. The van der Waals surface area contributed by atoms with Gasteiger partial charge in [0.05, 0.1) is 6.61 Å². The summed E-state index contributed by atoms with van der Waals surface area (Å²) in [4.78, 5) is 0. The minimum atomic E-state index is 0.357. The van der Waals surface area contributed by atoms with Gasteiger partial charge in [-0.15, -0.1) is 0 Å². The van der Waals surface area contributed by atoms with Crippen LogP contribution in [0.4, 0.5) is 0 Å². The smallest absolute Gasteiger partial charge is 0.124 e. The molecule has 0 aromatic heterocycles. The van der Waals surface area contributed by atoms with E-state index in [0.29, 0.717) is 6.04 Å². The van der Waals surface area contributed by atoms with Crippen molar-refractivity contribution in [3.05, 3.63) is 65.7 Å². The number of rotatable bonds is 8. The van der Waals surface area contributed by atoms with Gasteiger partial charge in [-0.1, -0.05) is 55.5 Å². The van der Waals surface area contributed by atoms with Crippen LogP contribution in [0.3, 0.4) is 0 Å². The van der Waals surface area contributed by atoms with Gasteiger partial charge in [0.2, 0.25) is 0 Å². The summed E-state index contributed by atoms with van der Waals surface area (Å²) in [6.07, 6.45) is 3.15. The molecule has 0 spiro atoms. The molecule has 0 aliphatic heterocycles. The zero-order chi connectivity index (χ0) is 14.9. The normalized spacial score (nSPS) is 12.1. The molecule has 0 amide bonds. The topological polar surface area (TPSA) is 21.3 Å². The van der Waals surface area contributed by atoms with Crippen LogP contribution in [-0.4, -0.2) is 13.7 Å². The van der Waals surface area contributed by atoms with E-state index in [9.17, 15) is 0 Å². The lowest BCUT2D eigenvalue weighted by Gasteiger charge is -2.18. The van der Waals surface area contributed by atoms with E-state index in [1.165, 1.54) is 11.1 Å². The minimum Gasteiger partial charge on any atom is -0.493 e. The average molecular weight is 283 g/mol. The molecule has 1 atom stereocenters. The van der Waals surface area contributed by atoms with Crippen LogP contribution in [0.1, 0.15) is 36.9 Å². The highest BCUT2D eigenvalue weighted by molar-refractivity contribution is 5.35. The third-order valence-electron chi connectivity index (χ3n) is 3.76. The highest BCUT2D eigenvalue weighted by atomic mass is 16.5. The summed E-state index contributed by atoms with van der Waals surface area (Å²) in [5.74, 6) is 1.01. The molecule has 2 heteroatoms. The number of hydrogen-bond acceptors (Lipinski definition) is 2. The monoisotopic (exact) mass is 283 g/mol. The van der Waals surface area contributed by atoms with E-state index < -0.39 is 0 Å². The number of hydrogen-bond donors (Lipinski definition) is 1.